The number of rotatable bonds is 8. The topological polar surface area (TPSA) is 78.9 Å². The molecule has 0 saturated carbocycles. The molecule has 0 spiro atoms. The molecule has 228 valence electrons. The molecule has 42 heavy (non-hydrogen) atoms. The molecule has 1 aromatic heterocycles. The SMILES string of the molecule is CC(C)Oc1ccccc1-c1csc(C(=O)NCC2CCN(Cc3ccc(C(C)(C)C)cc3)C2)c1.O=C(O)C(F)(F)F. The second-order valence-electron chi connectivity index (χ2n) is 11.7. The number of carboxylic acids is 1. The summed E-state index contributed by atoms with van der Waals surface area (Å²) in [5, 5.41) is 12.3. The summed E-state index contributed by atoms with van der Waals surface area (Å²) in [6, 6.07) is 19.0. The van der Waals surface area contributed by atoms with Gasteiger partial charge in [0.05, 0.1) is 11.0 Å². The third-order valence-corrected chi connectivity index (χ3v) is 7.70. The van der Waals surface area contributed by atoms with Crippen LogP contribution in [0.2, 0.25) is 0 Å². The standard InChI is InChI=1S/C30H38N2O2S.C2HF3O2/c1-21(2)34-27-9-7-6-8-26(27)24-16-28(35-20-24)29(33)31-17-23-14-15-32(19-23)18-22-10-12-25(13-11-22)30(3,4)5;3-2(4,5)1(6)7/h6-13,16,20-21,23H,14-15,17-19H2,1-5H3,(H,31,33);(H,6,7). The Morgan fingerprint density at radius 1 is 1.10 bits per heavy atom. The lowest BCUT2D eigenvalue weighted by Gasteiger charge is -2.20. The molecule has 6 nitrogen and oxygen atoms in total. The Kier molecular flexibility index (Phi) is 11.2. The van der Waals surface area contributed by atoms with Crippen molar-refractivity contribution in [3.63, 3.8) is 0 Å². The van der Waals surface area contributed by atoms with E-state index in [0.29, 0.717) is 5.92 Å². The number of hydrogen-bond acceptors (Lipinski definition) is 5. The highest BCUT2D eigenvalue weighted by atomic mass is 32.1. The zero-order valence-corrected chi connectivity index (χ0v) is 25.4. The van der Waals surface area contributed by atoms with Gasteiger partial charge < -0.3 is 15.2 Å². The van der Waals surface area contributed by atoms with Gasteiger partial charge in [0.15, 0.2) is 0 Å². The van der Waals surface area contributed by atoms with Gasteiger partial charge in [-0.15, -0.1) is 11.3 Å². The summed E-state index contributed by atoms with van der Waals surface area (Å²) in [5.74, 6) is -1.40. The van der Waals surface area contributed by atoms with E-state index in [9.17, 15) is 18.0 Å². The molecule has 10 heteroatoms. The van der Waals surface area contributed by atoms with Crippen LogP contribution in [0.4, 0.5) is 13.2 Å². The largest absolute Gasteiger partial charge is 0.490 e. The zero-order chi connectivity index (χ0) is 31.1. The number of carbonyl (C=O) groups excluding carboxylic acids is 1. The maximum atomic E-state index is 12.8. The molecule has 1 fully saturated rings. The minimum absolute atomic E-state index is 0.0136. The first-order valence-corrected chi connectivity index (χ1v) is 14.8. The van der Waals surface area contributed by atoms with Gasteiger partial charge in [0.2, 0.25) is 0 Å². The van der Waals surface area contributed by atoms with Gasteiger partial charge in [-0.1, -0.05) is 63.2 Å². The number of amides is 1. The number of nitrogens with one attached hydrogen (secondary N) is 1. The Balaban J connectivity index is 0.000000616. The fourth-order valence-electron chi connectivity index (χ4n) is 4.57. The maximum Gasteiger partial charge on any atom is 0.490 e. The van der Waals surface area contributed by atoms with Crippen molar-refractivity contribution in [2.75, 3.05) is 19.6 Å². The molecule has 3 aromatic rings. The quantitative estimate of drug-likeness (QED) is 0.281. The monoisotopic (exact) mass is 604 g/mol. The molecular weight excluding hydrogens is 565 g/mol. The van der Waals surface area contributed by atoms with Crippen molar-refractivity contribution in [1.82, 2.24) is 10.2 Å². The number of carbonyl (C=O) groups is 2. The number of ether oxygens (including phenoxy) is 1. The average molecular weight is 605 g/mol. The predicted octanol–water partition coefficient (Wildman–Crippen LogP) is 7.39. The number of alkyl halides is 3. The van der Waals surface area contributed by atoms with Gasteiger partial charge in [0, 0.05) is 25.2 Å². The summed E-state index contributed by atoms with van der Waals surface area (Å²) in [5.41, 5.74) is 4.97. The van der Waals surface area contributed by atoms with E-state index >= 15 is 0 Å². The molecule has 0 aliphatic carbocycles. The Morgan fingerprint density at radius 3 is 2.33 bits per heavy atom. The fraction of sp³-hybridized carbons (Fsp3) is 0.438. The zero-order valence-electron chi connectivity index (χ0n) is 24.6. The van der Waals surface area contributed by atoms with Crippen LogP contribution in [0.25, 0.3) is 11.1 Å². The number of aliphatic carboxylic acids is 1. The van der Waals surface area contributed by atoms with Crippen LogP contribution < -0.4 is 10.1 Å². The number of para-hydroxylation sites is 1. The molecule has 1 amide bonds. The minimum atomic E-state index is -5.08. The van der Waals surface area contributed by atoms with E-state index in [1.54, 1.807) is 0 Å². The number of carboxylic acid groups (broad SMARTS) is 1. The molecule has 1 saturated heterocycles. The van der Waals surface area contributed by atoms with Crippen molar-refractivity contribution in [2.24, 2.45) is 5.92 Å². The van der Waals surface area contributed by atoms with Gasteiger partial charge in [0.25, 0.3) is 5.91 Å². The first kappa shape index (κ1) is 33.1. The van der Waals surface area contributed by atoms with Gasteiger partial charge in [-0.2, -0.15) is 13.2 Å². The number of benzene rings is 2. The highest BCUT2D eigenvalue weighted by Crippen LogP contribution is 2.33. The highest BCUT2D eigenvalue weighted by molar-refractivity contribution is 7.12. The van der Waals surface area contributed by atoms with Crippen molar-refractivity contribution in [2.45, 2.75) is 65.3 Å². The van der Waals surface area contributed by atoms with E-state index in [1.165, 1.54) is 22.5 Å². The van der Waals surface area contributed by atoms with Crippen LogP contribution in [0.15, 0.2) is 60.0 Å². The van der Waals surface area contributed by atoms with Crippen LogP contribution in [0.1, 0.15) is 61.8 Å². The van der Waals surface area contributed by atoms with Crippen LogP contribution in [-0.2, 0) is 16.8 Å². The summed E-state index contributed by atoms with van der Waals surface area (Å²) in [6.07, 6.45) is -3.86. The van der Waals surface area contributed by atoms with Crippen molar-refractivity contribution in [1.29, 1.82) is 0 Å². The minimum Gasteiger partial charge on any atom is -0.490 e. The van der Waals surface area contributed by atoms with Crippen LogP contribution in [0.5, 0.6) is 5.75 Å². The summed E-state index contributed by atoms with van der Waals surface area (Å²) in [4.78, 5) is 25.0. The number of nitrogens with zero attached hydrogens (tertiary/aromatic N) is 1. The second kappa shape index (κ2) is 14.2. The van der Waals surface area contributed by atoms with Gasteiger partial charge in [-0.25, -0.2) is 4.79 Å². The fourth-order valence-corrected chi connectivity index (χ4v) is 5.40. The average Bonchev–Trinajstić information content (AvgIpc) is 3.57. The van der Waals surface area contributed by atoms with Crippen LogP contribution in [0.3, 0.4) is 0 Å². The molecule has 0 bridgehead atoms. The lowest BCUT2D eigenvalue weighted by Crippen LogP contribution is -2.30. The normalized spacial score (nSPS) is 15.7. The van der Waals surface area contributed by atoms with E-state index in [4.69, 9.17) is 14.6 Å². The van der Waals surface area contributed by atoms with Crippen LogP contribution >= 0.6 is 11.3 Å². The molecule has 1 aliphatic rings. The highest BCUT2D eigenvalue weighted by Gasteiger charge is 2.38. The molecule has 2 heterocycles. The van der Waals surface area contributed by atoms with E-state index in [0.717, 1.165) is 54.4 Å². The smallest absolute Gasteiger partial charge is 0.490 e. The Labute approximate surface area is 249 Å². The molecule has 2 aromatic carbocycles. The summed E-state index contributed by atoms with van der Waals surface area (Å²) in [7, 11) is 0. The predicted molar refractivity (Wildman–Crippen MR) is 160 cm³/mol. The Bertz CT molecular complexity index is 1330. The Hall–Kier alpha value is -3.37. The van der Waals surface area contributed by atoms with Crippen molar-refractivity contribution in [3.05, 3.63) is 76.0 Å². The molecule has 2 N–H and O–H groups in total. The van der Waals surface area contributed by atoms with E-state index in [1.807, 2.05) is 49.6 Å². The van der Waals surface area contributed by atoms with E-state index in [-0.39, 0.29) is 17.4 Å². The third kappa shape index (κ3) is 9.87. The third-order valence-electron chi connectivity index (χ3n) is 6.77. The lowest BCUT2D eigenvalue weighted by molar-refractivity contribution is -0.192. The maximum absolute atomic E-state index is 12.8. The molecule has 4 rings (SSSR count). The van der Waals surface area contributed by atoms with Crippen molar-refractivity contribution < 1.29 is 32.6 Å². The van der Waals surface area contributed by atoms with Crippen LogP contribution in [0, 0.1) is 5.92 Å². The van der Waals surface area contributed by atoms with Gasteiger partial charge in [-0.05, 0) is 72.3 Å². The Morgan fingerprint density at radius 2 is 1.74 bits per heavy atom. The van der Waals surface area contributed by atoms with Gasteiger partial charge in [-0.3, -0.25) is 9.69 Å². The van der Waals surface area contributed by atoms with Gasteiger partial charge in [0.1, 0.15) is 5.75 Å². The first-order chi connectivity index (χ1) is 19.6. The molecule has 1 atom stereocenters. The number of likely N-dealkylation sites (tertiary alicyclic amines) is 1. The van der Waals surface area contributed by atoms with Gasteiger partial charge >= 0.3 is 12.1 Å². The lowest BCUT2D eigenvalue weighted by atomic mass is 9.87. The molecule has 1 unspecified atom stereocenters. The van der Waals surface area contributed by atoms with Crippen molar-refractivity contribution in [3.8, 4) is 16.9 Å². The summed E-state index contributed by atoms with van der Waals surface area (Å²) >= 11 is 1.49. The first-order valence-electron chi connectivity index (χ1n) is 13.9. The van der Waals surface area contributed by atoms with Crippen LogP contribution in [-0.4, -0.2) is 53.8 Å². The van der Waals surface area contributed by atoms with E-state index < -0.39 is 12.1 Å². The number of halogens is 3. The summed E-state index contributed by atoms with van der Waals surface area (Å²) < 4.78 is 37.7. The number of hydrogen-bond donors (Lipinski definition) is 2. The number of thiophene rings is 1. The molecule has 0 radical (unpaired) electrons. The second-order valence-corrected chi connectivity index (χ2v) is 12.6. The molecule has 1 aliphatic heterocycles. The molecular formula is C32H39F3N2O4S. The van der Waals surface area contributed by atoms with Crippen molar-refractivity contribution >= 4 is 23.2 Å². The summed E-state index contributed by atoms with van der Waals surface area (Å²) in [6.45, 7) is 14.6. The van der Waals surface area contributed by atoms with E-state index in [2.05, 4.69) is 55.3 Å².